The van der Waals surface area contributed by atoms with Crippen LogP contribution in [0.15, 0.2) is 54.9 Å². The van der Waals surface area contributed by atoms with Crippen molar-refractivity contribution < 1.29 is 4.79 Å². The van der Waals surface area contributed by atoms with Gasteiger partial charge in [-0.25, -0.2) is 0 Å². The predicted octanol–water partition coefficient (Wildman–Crippen LogP) is 2.50. The van der Waals surface area contributed by atoms with Crippen molar-refractivity contribution in [1.82, 2.24) is 14.9 Å². The maximum Gasteiger partial charge on any atom is 0.251 e. The van der Waals surface area contributed by atoms with Crippen LogP contribution in [0.3, 0.4) is 0 Å². The van der Waals surface area contributed by atoms with Gasteiger partial charge in [-0.15, -0.1) is 0 Å². The third-order valence-corrected chi connectivity index (χ3v) is 3.31. The van der Waals surface area contributed by atoms with Gasteiger partial charge in [-0.1, -0.05) is 12.1 Å². The average Bonchev–Trinajstić information content (AvgIpc) is 2.87. The van der Waals surface area contributed by atoms with Crippen LogP contribution in [0.4, 0.5) is 0 Å². The number of nitrogens with zero attached hydrogens (tertiary/aromatic N) is 2. The summed E-state index contributed by atoms with van der Waals surface area (Å²) in [6.45, 7) is 0.435. The highest BCUT2D eigenvalue weighted by Crippen LogP contribution is 2.16. The molecule has 0 saturated carbocycles. The molecular weight excluding hydrogens is 250 g/mol. The number of fused-ring (bicyclic) bond motifs is 1. The third-order valence-electron chi connectivity index (χ3n) is 3.31. The van der Waals surface area contributed by atoms with E-state index in [1.54, 1.807) is 6.20 Å². The number of carbonyl (C=O) groups is 1. The molecule has 0 atom stereocenters. The SMILES string of the molecule is Cn1ccc2ccc(C(=O)NCc3ccccn3)cc21. The number of aryl methyl sites for hydroxylation is 1. The molecule has 0 spiro atoms. The van der Waals surface area contributed by atoms with Crippen molar-refractivity contribution in [2.75, 3.05) is 0 Å². The number of hydrogen-bond donors (Lipinski definition) is 1. The Morgan fingerprint density at radius 2 is 2.15 bits per heavy atom. The fraction of sp³-hybridized carbons (Fsp3) is 0.125. The molecule has 0 aliphatic carbocycles. The number of pyridine rings is 1. The summed E-state index contributed by atoms with van der Waals surface area (Å²) in [4.78, 5) is 16.3. The maximum absolute atomic E-state index is 12.1. The van der Waals surface area contributed by atoms with Crippen LogP contribution in [0.25, 0.3) is 10.9 Å². The van der Waals surface area contributed by atoms with E-state index >= 15 is 0 Å². The lowest BCUT2D eigenvalue weighted by molar-refractivity contribution is 0.0950. The number of rotatable bonds is 3. The number of nitrogens with one attached hydrogen (secondary N) is 1. The fourth-order valence-corrected chi connectivity index (χ4v) is 2.18. The zero-order valence-electron chi connectivity index (χ0n) is 11.2. The number of carbonyl (C=O) groups excluding carboxylic acids is 1. The van der Waals surface area contributed by atoms with Crippen molar-refractivity contribution in [3.8, 4) is 0 Å². The molecule has 0 aliphatic rings. The van der Waals surface area contributed by atoms with Crippen molar-refractivity contribution in [1.29, 1.82) is 0 Å². The highest BCUT2D eigenvalue weighted by atomic mass is 16.1. The van der Waals surface area contributed by atoms with Crippen LogP contribution >= 0.6 is 0 Å². The predicted molar refractivity (Wildman–Crippen MR) is 78.3 cm³/mol. The van der Waals surface area contributed by atoms with E-state index in [0.717, 1.165) is 16.6 Å². The van der Waals surface area contributed by atoms with Crippen molar-refractivity contribution in [3.63, 3.8) is 0 Å². The first-order valence-corrected chi connectivity index (χ1v) is 6.47. The molecule has 0 bridgehead atoms. The molecule has 20 heavy (non-hydrogen) atoms. The topological polar surface area (TPSA) is 46.9 Å². The molecule has 0 unspecified atom stereocenters. The normalized spacial score (nSPS) is 10.7. The molecule has 0 aliphatic heterocycles. The minimum absolute atomic E-state index is 0.0845. The Kier molecular flexibility index (Phi) is 3.21. The van der Waals surface area contributed by atoms with Gasteiger partial charge in [0.05, 0.1) is 12.2 Å². The molecule has 4 nitrogen and oxygen atoms in total. The molecule has 0 fully saturated rings. The molecule has 2 heterocycles. The summed E-state index contributed by atoms with van der Waals surface area (Å²) < 4.78 is 2.00. The van der Waals surface area contributed by atoms with E-state index in [1.807, 2.05) is 60.3 Å². The summed E-state index contributed by atoms with van der Waals surface area (Å²) in [6.07, 6.45) is 3.71. The molecular formula is C16H15N3O. The van der Waals surface area contributed by atoms with E-state index in [1.165, 1.54) is 0 Å². The summed E-state index contributed by atoms with van der Waals surface area (Å²) in [5.41, 5.74) is 2.56. The minimum Gasteiger partial charge on any atom is -0.351 e. The lowest BCUT2D eigenvalue weighted by atomic mass is 10.1. The first-order chi connectivity index (χ1) is 9.74. The van der Waals surface area contributed by atoms with Crippen LogP contribution in [-0.2, 0) is 13.6 Å². The monoisotopic (exact) mass is 265 g/mol. The van der Waals surface area contributed by atoms with Gasteiger partial charge in [-0.05, 0) is 35.7 Å². The summed E-state index contributed by atoms with van der Waals surface area (Å²) in [6, 6.07) is 13.4. The van der Waals surface area contributed by atoms with Gasteiger partial charge in [0.2, 0.25) is 0 Å². The first kappa shape index (κ1) is 12.4. The van der Waals surface area contributed by atoms with Gasteiger partial charge in [0.1, 0.15) is 0 Å². The smallest absolute Gasteiger partial charge is 0.251 e. The number of aromatic nitrogens is 2. The lowest BCUT2D eigenvalue weighted by Gasteiger charge is -2.05. The Balaban J connectivity index is 1.77. The molecule has 0 radical (unpaired) electrons. The summed E-state index contributed by atoms with van der Waals surface area (Å²) in [7, 11) is 1.97. The Hall–Kier alpha value is -2.62. The Morgan fingerprint density at radius 3 is 2.95 bits per heavy atom. The largest absolute Gasteiger partial charge is 0.351 e. The quantitative estimate of drug-likeness (QED) is 0.791. The zero-order chi connectivity index (χ0) is 13.9. The lowest BCUT2D eigenvalue weighted by Crippen LogP contribution is -2.23. The number of hydrogen-bond acceptors (Lipinski definition) is 2. The van der Waals surface area contributed by atoms with E-state index < -0.39 is 0 Å². The number of amides is 1. The average molecular weight is 265 g/mol. The molecule has 1 N–H and O–H groups in total. The van der Waals surface area contributed by atoms with Crippen LogP contribution in [0.1, 0.15) is 16.1 Å². The van der Waals surface area contributed by atoms with Gasteiger partial charge in [0.25, 0.3) is 5.91 Å². The standard InChI is InChI=1S/C16H15N3O/c1-19-9-7-12-5-6-13(10-15(12)19)16(20)18-11-14-4-2-3-8-17-14/h2-10H,11H2,1H3,(H,18,20). The summed E-state index contributed by atoms with van der Waals surface area (Å²) >= 11 is 0. The molecule has 100 valence electrons. The van der Waals surface area contributed by atoms with Crippen LogP contribution in [0.2, 0.25) is 0 Å². The van der Waals surface area contributed by atoms with Crippen molar-refractivity contribution >= 4 is 16.8 Å². The van der Waals surface area contributed by atoms with Crippen LogP contribution in [0.5, 0.6) is 0 Å². The molecule has 1 aromatic carbocycles. The van der Waals surface area contributed by atoms with Crippen LogP contribution in [-0.4, -0.2) is 15.5 Å². The van der Waals surface area contributed by atoms with Gasteiger partial charge in [0, 0.05) is 30.5 Å². The van der Waals surface area contributed by atoms with Crippen molar-refractivity contribution in [2.24, 2.45) is 7.05 Å². The first-order valence-electron chi connectivity index (χ1n) is 6.47. The Morgan fingerprint density at radius 1 is 1.25 bits per heavy atom. The number of benzene rings is 1. The highest BCUT2D eigenvalue weighted by molar-refractivity contribution is 5.98. The maximum atomic E-state index is 12.1. The van der Waals surface area contributed by atoms with Gasteiger partial charge < -0.3 is 9.88 Å². The highest BCUT2D eigenvalue weighted by Gasteiger charge is 2.07. The molecule has 0 saturated heterocycles. The van der Waals surface area contributed by atoms with Crippen LogP contribution < -0.4 is 5.32 Å². The second-order valence-electron chi connectivity index (χ2n) is 4.70. The Bertz CT molecular complexity index is 747. The van der Waals surface area contributed by atoms with Crippen molar-refractivity contribution in [2.45, 2.75) is 6.54 Å². The second-order valence-corrected chi connectivity index (χ2v) is 4.70. The van der Waals surface area contributed by atoms with E-state index in [-0.39, 0.29) is 5.91 Å². The zero-order valence-corrected chi connectivity index (χ0v) is 11.2. The molecule has 3 aromatic rings. The molecule has 1 amide bonds. The van der Waals surface area contributed by atoms with Gasteiger partial charge in [-0.2, -0.15) is 0 Å². The van der Waals surface area contributed by atoms with E-state index in [2.05, 4.69) is 10.3 Å². The fourth-order valence-electron chi connectivity index (χ4n) is 2.18. The minimum atomic E-state index is -0.0845. The summed E-state index contributed by atoms with van der Waals surface area (Å²) in [5, 5.41) is 4.01. The van der Waals surface area contributed by atoms with E-state index in [0.29, 0.717) is 12.1 Å². The van der Waals surface area contributed by atoms with E-state index in [9.17, 15) is 4.79 Å². The van der Waals surface area contributed by atoms with Crippen molar-refractivity contribution in [3.05, 3.63) is 66.1 Å². The second kappa shape index (κ2) is 5.17. The summed E-state index contributed by atoms with van der Waals surface area (Å²) in [5.74, 6) is -0.0845. The van der Waals surface area contributed by atoms with Gasteiger partial charge in [-0.3, -0.25) is 9.78 Å². The van der Waals surface area contributed by atoms with Crippen LogP contribution in [0, 0.1) is 0 Å². The van der Waals surface area contributed by atoms with Gasteiger partial charge >= 0.3 is 0 Å². The molecule has 3 rings (SSSR count). The third kappa shape index (κ3) is 2.40. The van der Waals surface area contributed by atoms with Gasteiger partial charge in [0.15, 0.2) is 0 Å². The Labute approximate surface area is 117 Å². The molecule has 2 aromatic heterocycles. The van der Waals surface area contributed by atoms with E-state index in [4.69, 9.17) is 0 Å². The molecule has 4 heteroatoms.